The van der Waals surface area contributed by atoms with Gasteiger partial charge >= 0.3 is 12.1 Å². The van der Waals surface area contributed by atoms with Crippen LogP contribution in [0.3, 0.4) is 0 Å². The Hall–Kier alpha value is 0.200. The Morgan fingerprint density at radius 1 is 1.00 bits per heavy atom. The van der Waals surface area contributed by atoms with Crippen molar-refractivity contribution in [3.05, 3.63) is 0 Å². The molecule has 0 radical (unpaired) electrons. The first-order chi connectivity index (χ1) is 8.15. The van der Waals surface area contributed by atoms with Crippen LogP contribution in [0.25, 0.3) is 0 Å². The zero-order chi connectivity index (χ0) is 12.8. The highest BCUT2D eigenvalue weighted by Crippen LogP contribution is 2.14. The van der Waals surface area contributed by atoms with E-state index in [4.69, 9.17) is 0 Å². The maximum atomic E-state index is 12.1. The molecule has 1 fully saturated rings. The predicted octanol–water partition coefficient (Wildman–Crippen LogP) is 2.38. The minimum atomic E-state index is -0.143. The lowest BCUT2D eigenvalue weighted by Gasteiger charge is -2.40. The molecule has 0 aromatic heterocycles. The quantitative estimate of drug-likeness (QED) is 0.447. The number of hydrogen-bond acceptors (Lipinski definition) is 2. The van der Waals surface area contributed by atoms with E-state index in [9.17, 15) is 9.59 Å². The van der Waals surface area contributed by atoms with Crippen LogP contribution in [0.4, 0.5) is 9.59 Å². The summed E-state index contributed by atoms with van der Waals surface area (Å²) in [6.07, 6.45) is 0.913. The molecule has 1 aliphatic rings. The third-order valence-electron chi connectivity index (χ3n) is 2.50. The van der Waals surface area contributed by atoms with E-state index in [2.05, 4.69) is 45.2 Å². The summed E-state index contributed by atoms with van der Waals surface area (Å²) in [5.41, 5.74) is 0. The lowest BCUT2D eigenvalue weighted by molar-refractivity contribution is 0.0830. The molecule has 17 heavy (non-hydrogen) atoms. The molecule has 1 saturated heterocycles. The summed E-state index contributed by atoms with van der Waals surface area (Å²) in [5.74, 6) is 0. The van der Waals surface area contributed by atoms with Crippen LogP contribution in [0, 0.1) is 0 Å². The lowest BCUT2D eigenvalue weighted by Crippen LogP contribution is -2.61. The van der Waals surface area contributed by atoms with Crippen LogP contribution in [0.1, 0.15) is 13.3 Å². The highest BCUT2D eigenvalue weighted by Gasteiger charge is 2.35. The number of alkyl halides is 2. The van der Waals surface area contributed by atoms with Gasteiger partial charge in [-0.15, -0.1) is 0 Å². The van der Waals surface area contributed by atoms with Gasteiger partial charge in [0, 0.05) is 28.5 Å². The molecule has 98 valence electrons. The first kappa shape index (κ1) is 15.3. The van der Waals surface area contributed by atoms with Gasteiger partial charge < -0.3 is 9.80 Å². The van der Waals surface area contributed by atoms with Gasteiger partial charge in [0.15, 0.2) is 0 Å². The fraction of sp³-hybridized carbons (Fsp3) is 0.800. The van der Waals surface area contributed by atoms with Crippen molar-refractivity contribution in [3.8, 4) is 0 Å². The van der Waals surface area contributed by atoms with Crippen LogP contribution < -0.4 is 0 Å². The number of rotatable bonds is 6. The van der Waals surface area contributed by atoms with Crippen molar-refractivity contribution in [2.45, 2.75) is 13.3 Å². The van der Waals surface area contributed by atoms with E-state index in [0.29, 0.717) is 26.3 Å². The Bertz CT molecular complexity index is 265. The molecule has 0 atom stereocenters. The normalized spacial score (nSPS) is 17.0. The van der Waals surface area contributed by atoms with Gasteiger partial charge in [-0.25, -0.2) is 14.5 Å². The average molecular weight is 465 g/mol. The number of nitrogens with zero attached hydrogens (tertiary/aromatic N) is 3. The zero-order valence-corrected chi connectivity index (χ0v) is 14.2. The van der Waals surface area contributed by atoms with Crippen LogP contribution in [0.2, 0.25) is 0 Å². The van der Waals surface area contributed by atoms with Crippen LogP contribution in [-0.2, 0) is 0 Å². The second-order valence-corrected chi connectivity index (χ2v) is 5.92. The second-order valence-electron chi connectivity index (χ2n) is 3.76. The van der Waals surface area contributed by atoms with Crippen LogP contribution in [0.15, 0.2) is 0 Å². The van der Waals surface area contributed by atoms with Crippen LogP contribution in [0.5, 0.6) is 0 Å². The number of urea groups is 2. The Kier molecular flexibility index (Phi) is 6.82. The average Bonchev–Trinajstić information content (AvgIpc) is 2.31. The van der Waals surface area contributed by atoms with E-state index in [-0.39, 0.29) is 12.1 Å². The van der Waals surface area contributed by atoms with Crippen molar-refractivity contribution in [2.24, 2.45) is 0 Å². The molecule has 0 unspecified atom stereocenters. The van der Waals surface area contributed by atoms with Gasteiger partial charge in [0.25, 0.3) is 0 Å². The molecular formula is C10H17I2N3O2. The largest absolute Gasteiger partial charge is 0.329 e. The Balaban J connectivity index is 2.79. The molecule has 0 N–H and O–H groups in total. The highest BCUT2D eigenvalue weighted by atomic mass is 127. The molecule has 0 aromatic carbocycles. The highest BCUT2D eigenvalue weighted by molar-refractivity contribution is 14.1. The van der Waals surface area contributed by atoms with Gasteiger partial charge in [0.05, 0.1) is 6.67 Å². The van der Waals surface area contributed by atoms with E-state index in [1.54, 1.807) is 9.80 Å². The second kappa shape index (κ2) is 7.59. The van der Waals surface area contributed by atoms with Gasteiger partial charge in [0.1, 0.15) is 0 Å². The minimum Gasteiger partial charge on any atom is -0.306 e. The van der Waals surface area contributed by atoms with Crippen molar-refractivity contribution < 1.29 is 9.59 Å². The Morgan fingerprint density at radius 3 is 2.00 bits per heavy atom. The topological polar surface area (TPSA) is 43.9 Å². The third kappa shape index (κ3) is 3.83. The summed E-state index contributed by atoms with van der Waals surface area (Å²) in [5, 5.41) is 0. The minimum absolute atomic E-state index is 0.141. The van der Waals surface area contributed by atoms with Crippen molar-refractivity contribution in [3.63, 3.8) is 0 Å². The molecule has 5 nitrogen and oxygen atoms in total. The van der Waals surface area contributed by atoms with Gasteiger partial charge in [-0.05, 0) is 6.42 Å². The van der Waals surface area contributed by atoms with Gasteiger partial charge in [0.2, 0.25) is 0 Å². The van der Waals surface area contributed by atoms with Gasteiger partial charge in [-0.2, -0.15) is 0 Å². The number of amides is 4. The molecule has 1 aliphatic heterocycles. The molecule has 4 amide bonds. The smallest absolute Gasteiger partial charge is 0.306 e. The standard InChI is InChI=1S/C10H17I2N3O2/c1-2-5-13-8-14(6-3-11)10(17)15(7-4-12)9(13)16/h2-8H2,1H3. The first-order valence-corrected chi connectivity index (χ1v) is 8.68. The van der Waals surface area contributed by atoms with Gasteiger partial charge in [-0.1, -0.05) is 52.1 Å². The van der Waals surface area contributed by atoms with E-state index >= 15 is 0 Å². The summed E-state index contributed by atoms with van der Waals surface area (Å²) < 4.78 is 1.66. The van der Waals surface area contributed by atoms with Crippen LogP contribution >= 0.6 is 45.2 Å². The van der Waals surface area contributed by atoms with Crippen molar-refractivity contribution >= 4 is 57.2 Å². The van der Waals surface area contributed by atoms with Crippen molar-refractivity contribution in [1.29, 1.82) is 0 Å². The maximum Gasteiger partial charge on any atom is 0.329 e. The summed E-state index contributed by atoms with van der Waals surface area (Å²) >= 11 is 4.43. The number of carbonyl (C=O) groups is 2. The molecule has 1 rings (SSSR count). The summed E-state index contributed by atoms with van der Waals surface area (Å²) in [4.78, 5) is 29.0. The van der Waals surface area contributed by atoms with E-state index < -0.39 is 0 Å². The monoisotopic (exact) mass is 465 g/mol. The van der Waals surface area contributed by atoms with E-state index in [1.807, 2.05) is 6.92 Å². The Labute approximate surface area is 129 Å². The van der Waals surface area contributed by atoms with Crippen molar-refractivity contribution in [1.82, 2.24) is 14.7 Å². The van der Waals surface area contributed by atoms with E-state index in [1.165, 1.54) is 4.90 Å². The first-order valence-electron chi connectivity index (χ1n) is 5.63. The molecule has 7 heteroatoms. The molecule has 0 spiro atoms. The third-order valence-corrected chi connectivity index (χ3v) is 3.47. The fourth-order valence-corrected chi connectivity index (χ4v) is 2.80. The van der Waals surface area contributed by atoms with E-state index in [0.717, 1.165) is 15.3 Å². The fourth-order valence-electron chi connectivity index (χ4n) is 1.73. The SMILES string of the molecule is CCCN1CN(CCI)C(=O)N(CCI)C1=O. The van der Waals surface area contributed by atoms with Crippen molar-refractivity contribution in [2.75, 3.05) is 35.2 Å². The molecule has 0 aliphatic carbocycles. The molecule has 0 aromatic rings. The number of carbonyl (C=O) groups excluding carboxylic acids is 2. The zero-order valence-electron chi connectivity index (χ0n) is 9.86. The van der Waals surface area contributed by atoms with Crippen LogP contribution in [-0.4, -0.2) is 61.9 Å². The lowest BCUT2D eigenvalue weighted by atomic mass is 10.4. The summed E-state index contributed by atoms with van der Waals surface area (Å²) in [6, 6.07) is -0.283. The predicted molar refractivity (Wildman–Crippen MR) is 83.8 cm³/mol. The molecule has 0 saturated carbocycles. The van der Waals surface area contributed by atoms with Gasteiger partial charge in [-0.3, -0.25) is 0 Å². The maximum absolute atomic E-state index is 12.1. The number of hydrogen-bond donors (Lipinski definition) is 0. The summed E-state index contributed by atoms with van der Waals surface area (Å²) in [6.45, 7) is 4.38. The summed E-state index contributed by atoms with van der Waals surface area (Å²) in [7, 11) is 0. The number of imide groups is 1. The number of halogens is 2. The molecule has 0 bridgehead atoms. The Morgan fingerprint density at radius 2 is 1.53 bits per heavy atom. The molecule has 1 heterocycles. The molecular weight excluding hydrogens is 448 g/mol.